The van der Waals surface area contributed by atoms with Crippen molar-refractivity contribution in [3.05, 3.63) is 24.2 Å². The van der Waals surface area contributed by atoms with Crippen molar-refractivity contribution in [1.82, 2.24) is 19.4 Å². The summed E-state index contributed by atoms with van der Waals surface area (Å²) in [5.74, 6) is -0.473. The van der Waals surface area contributed by atoms with Gasteiger partial charge < -0.3 is 23.7 Å². The lowest BCUT2D eigenvalue weighted by Gasteiger charge is -2.37. The molecule has 0 saturated carbocycles. The normalized spacial score (nSPS) is 23.3. The first kappa shape index (κ1) is 17.1. The molecule has 1 amide bonds. The monoisotopic (exact) mass is 372 g/mol. The first-order valence-electron chi connectivity index (χ1n) is 9.72. The highest BCUT2D eigenvalue weighted by Crippen LogP contribution is 2.32. The molecule has 8 nitrogen and oxygen atoms in total. The number of rotatable bonds is 2. The van der Waals surface area contributed by atoms with Crippen LogP contribution in [-0.2, 0) is 14.2 Å². The Hall–Kier alpha value is -2.03. The third-order valence-corrected chi connectivity index (χ3v) is 5.87. The zero-order valence-corrected chi connectivity index (χ0v) is 15.3. The largest absolute Gasteiger partial charge is 0.381 e. The van der Waals surface area contributed by atoms with Gasteiger partial charge in [0.2, 0.25) is 0 Å². The summed E-state index contributed by atoms with van der Waals surface area (Å²) in [7, 11) is 0. The van der Waals surface area contributed by atoms with Gasteiger partial charge in [-0.25, -0.2) is 9.97 Å². The predicted octanol–water partition coefficient (Wildman–Crippen LogP) is 1.76. The molecule has 0 bridgehead atoms. The molecule has 2 aromatic rings. The molecule has 0 aromatic carbocycles. The average Bonchev–Trinajstić information content (AvgIpc) is 3.35. The van der Waals surface area contributed by atoms with Crippen LogP contribution >= 0.6 is 0 Å². The van der Waals surface area contributed by atoms with Crippen LogP contribution < -0.4 is 0 Å². The zero-order valence-electron chi connectivity index (χ0n) is 15.3. The summed E-state index contributed by atoms with van der Waals surface area (Å²) in [5, 5.41) is 0. The average molecular weight is 372 g/mol. The Bertz CT molecular complexity index is 829. The van der Waals surface area contributed by atoms with E-state index in [0.29, 0.717) is 50.8 Å². The van der Waals surface area contributed by atoms with E-state index in [4.69, 9.17) is 14.2 Å². The molecule has 8 heteroatoms. The van der Waals surface area contributed by atoms with Crippen molar-refractivity contribution in [2.24, 2.45) is 0 Å². The molecule has 5 heterocycles. The smallest absolute Gasteiger partial charge is 0.255 e. The first-order chi connectivity index (χ1) is 13.2. The second-order valence-electron chi connectivity index (χ2n) is 7.46. The van der Waals surface area contributed by atoms with E-state index in [1.165, 1.54) is 0 Å². The van der Waals surface area contributed by atoms with Gasteiger partial charge in [0.1, 0.15) is 5.52 Å². The van der Waals surface area contributed by atoms with Crippen molar-refractivity contribution in [2.75, 3.05) is 39.5 Å². The molecule has 0 atom stereocenters. The Labute approximate surface area is 157 Å². The number of piperidine rings is 1. The van der Waals surface area contributed by atoms with Gasteiger partial charge in [-0.15, -0.1) is 0 Å². The van der Waals surface area contributed by atoms with E-state index in [2.05, 4.69) is 14.5 Å². The Morgan fingerprint density at radius 1 is 1.07 bits per heavy atom. The maximum Gasteiger partial charge on any atom is 0.255 e. The molecule has 0 N–H and O–H groups in total. The summed E-state index contributed by atoms with van der Waals surface area (Å²) in [6, 6.07) is 2.22. The summed E-state index contributed by atoms with van der Waals surface area (Å²) in [5.41, 5.74) is 2.19. The molecule has 3 saturated heterocycles. The Balaban J connectivity index is 1.32. The SMILES string of the molecule is O=C(c1cnc2c(c1)ncn2C1CCOCC1)N1CCC2(CC1)OCCO2. The molecule has 2 aromatic heterocycles. The molecule has 1 spiro atoms. The third-order valence-electron chi connectivity index (χ3n) is 5.87. The van der Waals surface area contributed by atoms with Gasteiger partial charge in [0.25, 0.3) is 5.91 Å². The van der Waals surface area contributed by atoms with Gasteiger partial charge in [0, 0.05) is 51.4 Å². The van der Waals surface area contributed by atoms with E-state index in [1.807, 2.05) is 17.3 Å². The molecule has 3 aliphatic rings. The van der Waals surface area contributed by atoms with Crippen molar-refractivity contribution in [2.45, 2.75) is 37.5 Å². The van der Waals surface area contributed by atoms with Crippen LogP contribution in [0, 0.1) is 0 Å². The van der Waals surface area contributed by atoms with Gasteiger partial charge >= 0.3 is 0 Å². The lowest BCUT2D eigenvalue weighted by atomic mass is 10.0. The number of fused-ring (bicyclic) bond motifs is 1. The molecule has 144 valence electrons. The van der Waals surface area contributed by atoms with Crippen LogP contribution in [-0.4, -0.2) is 70.6 Å². The Morgan fingerprint density at radius 3 is 2.56 bits per heavy atom. The van der Waals surface area contributed by atoms with E-state index in [-0.39, 0.29) is 5.91 Å². The second-order valence-corrected chi connectivity index (χ2v) is 7.46. The zero-order chi connectivity index (χ0) is 18.3. The van der Waals surface area contributed by atoms with Gasteiger partial charge in [0.05, 0.1) is 25.1 Å². The predicted molar refractivity (Wildman–Crippen MR) is 96.4 cm³/mol. The van der Waals surface area contributed by atoms with Crippen LogP contribution in [0.3, 0.4) is 0 Å². The van der Waals surface area contributed by atoms with Crippen LogP contribution in [0.5, 0.6) is 0 Å². The van der Waals surface area contributed by atoms with Gasteiger partial charge in [-0.05, 0) is 18.9 Å². The van der Waals surface area contributed by atoms with Crippen LogP contribution in [0.15, 0.2) is 18.6 Å². The first-order valence-corrected chi connectivity index (χ1v) is 9.72. The highest BCUT2D eigenvalue weighted by molar-refractivity contribution is 5.96. The highest BCUT2D eigenvalue weighted by Gasteiger charge is 2.40. The summed E-state index contributed by atoms with van der Waals surface area (Å²) in [6.45, 7) is 4.09. The number of amides is 1. The second kappa shape index (κ2) is 6.85. The molecule has 0 unspecified atom stereocenters. The van der Waals surface area contributed by atoms with Crippen molar-refractivity contribution in [3.63, 3.8) is 0 Å². The van der Waals surface area contributed by atoms with E-state index in [9.17, 15) is 4.79 Å². The van der Waals surface area contributed by atoms with Crippen molar-refractivity contribution < 1.29 is 19.0 Å². The molecule has 0 aliphatic carbocycles. The number of hydrogen-bond acceptors (Lipinski definition) is 6. The number of hydrogen-bond donors (Lipinski definition) is 0. The third kappa shape index (κ3) is 3.11. The fraction of sp³-hybridized carbons (Fsp3) is 0.632. The van der Waals surface area contributed by atoms with Crippen LogP contribution in [0.1, 0.15) is 42.1 Å². The summed E-state index contributed by atoms with van der Waals surface area (Å²) < 4.78 is 19.0. The minimum absolute atomic E-state index is 0.00198. The van der Waals surface area contributed by atoms with Gasteiger partial charge in [0.15, 0.2) is 11.4 Å². The fourth-order valence-corrected chi connectivity index (χ4v) is 4.29. The van der Waals surface area contributed by atoms with E-state index < -0.39 is 5.79 Å². The van der Waals surface area contributed by atoms with Crippen LogP contribution in [0.2, 0.25) is 0 Å². The number of nitrogens with zero attached hydrogens (tertiary/aromatic N) is 4. The molecule has 0 radical (unpaired) electrons. The molecular weight excluding hydrogens is 348 g/mol. The minimum Gasteiger partial charge on any atom is -0.381 e. The standard InChI is InChI=1S/C19H24N4O4/c24-18(22-5-3-19(4-6-22)26-9-10-27-19)14-11-16-17(20-12-14)23(13-21-16)15-1-7-25-8-2-15/h11-13,15H,1-10H2. The van der Waals surface area contributed by atoms with Crippen molar-refractivity contribution in [1.29, 1.82) is 0 Å². The van der Waals surface area contributed by atoms with Gasteiger partial charge in [-0.3, -0.25) is 4.79 Å². The molecule has 5 rings (SSSR count). The van der Waals surface area contributed by atoms with Crippen molar-refractivity contribution >= 4 is 17.1 Å². The number of likely N-dealkylation sites (tertiary alicyclic amines) is 1. The Morgan fingerprint density at radius 2 is 1.81 bits per heavy atom. The van der Waals surface area contributed by atoms with Gasteiger partial charge in [-0.2, -0.15) is 0 Å². The molecule has 3 aliphatic heterocycles. The molecule has 27 heavy (non-hydrogen) atoms. The lowest BCUT2D eigenvalue weighted by Crippen LogP contribution is -2.47. The van der Waals surface area contributed by atoms with Crippen molar-refractivity contribution in [3.8, 4) is 0 Å². The van der Waals surface area contributed by atoms with E-state index in [0.717, 1.165) is 37.2 Å². The number of carbonyl (C=O) groups excluding carboxylic acids is 1. The summed E-state index contributed by atoms with van der Waals surface area (Å²) in [4.78, 5) is 23.8. The topological polar surface area (TPSA) is 78.7 Å². The van der Waals surface area contributed by atoms with Crippen LogP contribution in [0.25, 0.3) is 11.2 Å². The number of carbonyl (C=O) groups is 1. The molecule has 3 fully saturated rings. The quantitative estimate of drug-likeness (QED) is 0.799. The fourth-order valence-electron chi connectivity index (χ4n) is 4.29. The lowest BCUT2D eigenvalue weighted by molar-refractivity contribution is -0.181. The summed E-state index contributed by atoms with van der Waals surface area (Å²) >= 11 is 0. The number of imidazole rings is 1. The maximum atomic E-state index is 12.9. The highest BCUT2D eigenvalue weighted by atomic mass is 16.7. The number of pyridine rings is 1. The van der Waals surface area contributed by atoms with E-state index >= 15 is 0 Å². The number of aromatic nitrogens is 3. The number of ether oxygens (including phenoxy) is 3. The molecular formula is C19H24N4O4. The van der Waals surface area contributed by atoms with E-state index in [1.54, 1.807) is 6.20 Å². The Kier molecular flexibility index (Phi) is 4.34. The maximum absolute atomic E-state index is 12.9. The summed E-state index contributed by atoms with van der Waals surface area (Å²) in [6.07, 6.45) is 6.87. The van der Waals surface area contributed by atoms with Gasteiger partial charge in [-0.1, -0.05) is 0 Å². The van der Waals surface area contributed by atoms with Crippen LogP contribution in [0.4, 0.5) is 0 Å². The minimum atomic E-state index is -0.471.